The molecule has 0 fully saturated rings. The van der Waals surface area contributed by atoms with Crippen LogP contribution in [-0.2, 0) is 6.61 Å². The lowest BCUT2D eigenvalue weighted by molar-refractivity contribution is -0.384. The number of benzene rings is 2. The maximum atomic E-state index is 10.5. The normalized spacial score (nSPS) is 10.0. The zero-order valence-electron chi connectivity index (χ0n) is 9.58. The van der Waals surface area contributed by atoms with Gasteiger partial charge in [0, 0.05) is 17.8 Å². The molecule has 0 aliphatic carbocycles. The molecule has 2 aromatic rings. The Morgan fingerprint density at radius 1 is 1.06 bits per heavy atom. The van der Waals surface area contributed by atoms with Crippen molar-refractivity contribution in [1.29, 1.82) is 0 Å². The SMILES string of the molecule is Nc1ccc(OCc2ccc([N+](=O)[O-])cc2)cc1. The van der Waals surface area contributed by atoms with Gasteiger partial charge in [0.2, 0.25) is 0 Å². The van der Waals surface area contributed by atoms with Crippen LogP contribution in [0.15, 0.2) is 48.5 Å². The minimum Gasteiger partial charge on any atom is -0.489 e. The van der Waals surface area contributed by atoms with Crippen molar-refractivity contribution in [2.24, 2.45) is 0 Å². The Hall–Kier alpha value is -2.56. The number of anilines is 1. The highest BCUT2D eigenvalue weighted by Gasteiger charge is 2.04. The summed E-state index contributed by atoms with van der Waals surface area (Å²) in [5.74, 6) is 0.711. The zero-order chi connectivity index (χ0) is 13.0. The molecular formula is C13H12N2O3. The van der Waals surface area contributed by atoms with Crippen molar-refractivity contribution in [2.45, 2.75) is 6.61 Å². The molecule has 0 saturated heterocycles. The van der Waals surface area contributed by atoms with Crippen LogP contribution in [0.1, 0.15) is 5.56 Å². The Morgan fingerprint density at radius 3 is 2.22 bits per heavy atom. The van der Waals surface area contributed by atoms with E-state index >= 15 is 0 Å². The quantitative estimate of drug-likeness (QED) is 0.509. The average molecular weight is 244 g/mol. The molecule has 0 aliphatic rings. The first kappa shape index (κ1) is 11.9. The van der Waals surface area contributed by atoms with Crippen molar-refractivity contribution >= 4 is 11.4 Å². The first-order valence-electron chi connectivity index (χ1n) is 5.37. The lowest BCUT2D eigenvalue weighted by Crippen LogP contribution is -1.96. The summed E-state index contributed by atoms with van der Waals surface area (Å²) in [6.45, 7) is 0.363. The van der Waals surface area contributed by atoms with Crippen LogP contribution in [0.25, 0.3) is 0 Å². The number of ether oxygens (including phenoxy) is 1. The van der Waals surface area contributed by atoms with E-state index in [-0.39, 0.29) is 5.69 Å². The summed E-state index contributed by atoms with van der Waals surface area (Å²) in [7, 11) is 0. The molecule has 5 nitrogen and oxygen atoms in total. The smallest absolute Gasteiger partial charge is 0.269 e. The topological polar surface area (TPSA) is 78.4 Å². The molecule has 0 aliphatic heterocycles. The van der Waals surface area contributed by atoms with E-state index in [1.165, 1.54) is 12.1 Å². The van der Waals surface area contributed by atoms with E-state index in [0.717, 1.165) is 5.56 Å². The van der Waals surface area contributed by atoms with Gasteiger partial charge in [-0.2, -0.15) is 0 Å². The van der Waals surface area contributed by atoms with Gasteiger partial charge in [0.15, 0.2) is 0 Å². The van der Waals surface area contributed by atoms with Gasteiger partial charge < -0.3 is 10.5 Å². The standard InChI is InChI=1S/C13H12N2O3/c14-11-3-7-13(8-4-11)18-9-10-1-5-12(6-2-10)15(16)17/h1-8H,9,14H2. The molecule has 0 heterocycles. The van der Waals surface area contributed by atoms with Crippen LogP contribution >= 0.6 is 0 Å². The number of rotatable bonds is 4. The van der Waals surface area contributed by atoms with E-state index < -0.39 is 4.92 Å². The summed E-state index contributed by atoms with van der Waals surface area (Å²) in [5, 5.41) is 10.5. The van der Waals surface area contributed by atoms with E-state index in [0.29, 0.717) is 18.0 Å². The van der Waals surface area contributed by atoms with Crippen molar-refractivity contribution in [1.82, 2.24) is 0 Å². The Kier molecular flexibility index (Phi) is 3.43. The first-order chi connectivity index (χ1) is 8.65. The highest BCUT2D eigenvalue weighted by atomic mass is 16.6. The van der Waals surface area contributed by atoms with Crippen molar-refractivity contribution in [3.63, 3.8) is 0 Å². The molecule has 5 heteroatoms. The second-order valence-corrected chi connectivity index (χ2v) is 3.78. The summed E-state index contributed by atoms with van der Waals surface area (Å²) in [6.07, 6.45) is 0. The molecule has 0 radical (unpaired) electrons. The minimum absolute atomic E-state index is 0.0752. The van der Waals surface area contributed by atoms with Crippen LogP contribution in [0.3, 0.4) is 0 Å². The molecule has 18 heavy (non-hydrogen) atoms. The van der Waals surface area contributed by atoms with Crippen LogP contribution in [0, 0.1) is 10.1 Å². The molecule has 0 atom stereocenters. The van der Waals surface area contributed by atoms with Gasteiger partial charge in [-0.15, -0.1) is 0 Å². The van der Waals surface area contributed by atoms with E-state index in [9.17, 15) is 10.1 Å². The summed E-state index contributed by atoms with van der Waals surface area (Å²) in [5.41, 5.74) is 7.19. The zero-order valence-corrected chi connectivity index (χ0v) is 9.58. The number of hydrogen-bond donors (Lipinski definition) is 1. The maximum absolute atomic E-state index is 10.5. The number of nitrogen functional groups attached to an aromatic ring is 1. The lowest BCUT2D eigenvalue weighted by Gasteiger charge is -2.06. The fraction of sp³-hybridized carbons (Fsp3) is 0.0769. The first-order valence-corrected chi connectivity index (χ1v) is 5.37. The molecule has 0 unspecified atom stereocenters. The maximum Gasteiger partial charge on any atom is 0.269 e. The van der Waals surface area contributed by atoms with Crippen molar-refractivity contribution in [2.75, 3.05) is 5.73 Å². The molecule has 0 saturated carbocycles. The van der Waals surface area contributed by atoms with Crippen LogP contribution in [0.2, 0.25) is 0 Å². The summed E-state index contributed by atoms with van der Waals surface area (Å²) in [6, 6.07) is 13.3. The minimum atomic E-state index is -0.426. The largest absolute Gasteiger partial charge is 0.489 e. The highest BCUT2D eigenvalue weighted by molar-refractivity contribution is 5.41. The van der Waals surface area contributed by atoms with Crippen LogP contribution in [-0.4, -0.2) is 4.92 Å². The summed E-state index contributed by atoms with van der Waals surface area (Å²) < 4.78 is 5.52. The Balaban J connectivity index is 1.97. The highest BCUT2D eigenvalue weighted by Crippen LogP contribution is 2.16. The number of nitrogens with two attached hydrogens (primary N) is 1. The lowest BCUT2D eigenvalue weighted by atomic mass is 10.2. The second kappa shape index (κ2) is 5.18. The third kappa shape index (κ3) is 2.98. The summed E-state index contributed by atoms with van der Waals surface area (Å²) in [4.78, 5) is 10.1. The molecule has 0 aromatic heterocycles. The van der Waals surface area contributed by atoms with Gasteiger partial charge in [0.1, 0.15) is 12.4 Å². The number of nitrogens with zero attached hydrogens (tertiary/aromatic N) is 1. The van der Waals surface area contributed by atoms with Crippen LogP contribution < -0.4 is 10.5 Å². The number of nitro groups is 1. The van der Waals surface area contributed by atoms with Crippen LogP contribution in [0.4, 0.5) is 11.4 Å². The van der Waals surface area contributed by atoms with Crippen LogP contribution in [0.5, 0.6) is 5.75 Å². The molecule has 0 spiro atoms. The number of hydrogen-bond acceptors (Lipinski definition) is 4. The van der Waals surface area contributed by atoms with Gasteiger partial charge >= 0.3 is 0 Å². The van der Waals surface area contributed by atoms with Gasteiger partial charge in [-0.25, -0.2) is 0 Å². The van der Waals surface area contributed by atoms with E-state index in [1.54, 1.807) is 36.4 Å². The fourth-order valence-electron chi connectivity index (χ4n) is 1.44. The molecule has 0 amide bonds. The third-order valence-electron chi connectivity index (χ3n) is 2.43. The molecule has 2 rings (SSSR count). The second-order valence-electron chi connectivity index (χ2n) is 3.78. The Bertz CT molecular complexity index is 535. The monoisotopic (exact) mass is 244 g/mol. The van der Waals surface area contributed by atoms with Crippen molar-refractivity contribution in [3.05, 3.63) is 64.2 Å². The Labute approximate surface area is 104 Å². The molecular weight excluding hydrogens is 232 g/mol. The van der Waals surface area contributed by atoms with Gasteiger partial charge in [-0.05, 0) is 42.0 Å². The third-order valence-corrected chi connectivity index (χ3v) is 2.43. The average Bonchev–Trinajstić information content (AvgIpc) is 2.38. The van der Waals surface area contributed by atoms with Crippen molar-refractivity contribution < 1.29 is 9.66 Å². The number of nitro benzene ring substituents is 1. The van der Waals surface area contributed by atoms with Gasteiger partial charge in [0.05, 0.1) is 4.92 Å². The van der Waals surface area contributed by atoms with Crippen molar-refractivity contribution in [3.8, 4) is 5.75 Å². The van der Waals surface area contributed by atoms with Gasteiger partial charge in [0.25, 0.3) is 5.69 Å². The predicted molar refractivity (Wildman–Crippen MR) is 68.3 cm³/mol. The van der Waals surface area contributed by atoms with Gasteiger partial charge in [-0.1, -0.05) is 0 Å². The Morgan fingerprint density at radius 2 is 1.67 bits per heavy atom. The number of non-ortho nitro benzene ring substituents is 1. The fourth-order valence-corrected chi connectivity index (χ4v) is 1.44. The molecule has 0 bridgehead atoms. The van der Waals surface area contributed by atoms with E-state index in [1.807, 2.05) is 0 Å². The molecule has 2 aromatic carbocycles. The molecule has 92 valence electrons. The van der Waals surface area contributed by atoms with E-state index in [4.69, 9.17) is 10.5 Å². The molecule has 2 N–H and O–H groups in total. The van der Waals surface area contributed by atoms with E-state index in [2.05, 4.69) is 0 Å². The predicted octanol–water partition coefficient (Wildman–Crippen LogP) is 2.76. The summed E-state index contributed by atoms with van der Waals surface area (Å²) >= 11 is 0. The van der Waals surface area contributed by atoms with Gasteiger partial charge in [-0.3, -0.25) is 10.1 Å².